The standard InChI is InChI=1S/C18H14N4O2/c23-17-13-5-1-3-7-15(13)19-11-21(17)9-10-22-12-20-16-8-4-2-6-14(16)18(22)24/h1-8,11-12H,9-10H2. The van der Waals surface area contributed by atoms with E-state index in [2.05, 4.69) is 9.97 Å². The van der Waals surface area contributed by atoms with Gasteiger partial charge in [0.15, 0.2) is 0 Å². The SMILES string of the molecule is O=c1c2ccccc2ncn1CCn1cnc2ccccc2c1=O. The quantitative estimate of drug-likeness (QED) is 0.577. The van der Waals surface area contributed by atoms with Gasteiger partial charge < -0.3 is 0 Å². The Balaban J connectivity index is 1.68. The van der Waals surface area contributed by atoms with E-state index in [1.165, 1.54) is 21.8 Å². The van der Waals surface area contributed by atoms with Gasteiger partial charge in [0.2, 0.25) is 0 Å². The fourth-order valence-electron chi connectivity index (χ4n) is 2.75. The lowest BCUT2D eigenvalue weighted by molar-refractivity contribution is 0.547. The molecule has 0 aliphatic rings. The predicted octanol–water partition coefficient (Wildman–Crippen LogP) is 1.81. The topological polar surface area (TPSA) is 69.8 Å². The normalized spacial score (nSPS) is 11.2. The molecule has 2 aromatic heterocycles. The van der Waals surface area contributed by atoms with Gasteiger partial charge in [0.1, 0.15) is 0 Å². The maximum atomic E-state index is 12.5. The summed E-state index contributed by atoms with van der Waals surface area (Å²) >= 11 is 0. The number of nitrogens with zero attached hydrogens (tertiary/aromatic N) is 4. The average Bonchev–Trinajstić information content (AvgIpc) is 2.63. The Bertz CT molecular complexity index is 1070. The van der Waals surface area contributed by atoms with Crippen molar-refractivity contribution in [3.8, 4) is 0 Å². The van der Waals surface area contributed by atoms with E-state index in [4.69, 9.17) is 0 Å². The van der Waals surface area contributed by atoms with Crippen LogP contribution in [0, 0.1) is 0 Å². The molecule has 118 valence electrons. The Morgan fingerprint density at radius 2 is 1.08 bits per heavy atom. The van der Waals surface area contributed by atoms with Crippen molar-refractivity contribution in [2.75, 3.05) is 0 Å². The van der Waals surface area contributed by atoms with Crippen molar-refractivity contribution < 1.29 is 0 Å². The molecule has 0 atom stereocenters. The van der Waals surface area contributed by atoms with Crippen LogP contribution in [0.3, 0.4) is 0 Å². The van der Waals surface area contributed by atoms with E-state index in [0.29, 0.717) is 34.9 Å². The summed E-state index contributed by atoms with van der Waals surface area (Å²) in [6.45, 7) is 0.715. The van der Waals surface area contributed by atoms with Crippen LogP contribution < -0.4 is 11.1 Å². The summed E-state index contributed by atoms with van der Waals surface area (Å²) in [5, 5.41) is 1.15. The summed E-state index contributed by atoms with van der Waals surface area (Å²) in [6.07, 6.45) is 3.04. The molecule has 0 bridgehead atoms. The fraction of sp³-hybridized carbons (Fsp3) is 0.111. The summed E-state index contributed by atoms with van der Waals surface area (Å²) in [4.78, 5) is 33.5. The number of fused-ring (bicyclic) bond motifs is 2. The van der Waals surface area contributed by atoms with Crippen molar-refractivity contribution in [3.05, 3.63) is 81.9 Å². The molecule has 0 saturated heterocycles. The van der Waals surface area contributed by atoms with Gasteiger partial charge in [0.25, 0.3) is 11.1 Å². The van der Waals surface area contributed by atoms with Gasteiger partial charge in [0, 0.05) is 13.1 Å². The van der Waals surface area contributed by atoms with Crippen molar-refractivity contribution in [2.24, 2.45) is 0 Å². The highest BCUT2D eigenvalue weighted by Crippen LogP contribution is 2.06. The second kappa shape index (κ2) is 5.73. The van der Waals surface area contributed by atoms with E-state index in [1.54, 1.807) is 24.3 Å². The zero-order chi connectivity index (χ0) is 16.5. The molecule has 0 unspecified atom stereocenters. The van der Waals surface area contributed by atoms with E-state index < -0.39 is 0 Å². The van der Waals surface area contributed by atoms with Gasteiger partial charge in [-0.2, -0.15) is 0 Å². The van der Waals surface area contributed by atoms with E-state index >= 15 is 0 Å². The minimum absolute atomic E-state index is 0.109. The Labute approximate surface area is 136 Å². The van der Waals surface area contributed by atoms with E-state index in [0.717, 1.165) is 0 Å². The molecule has 2 heterocycles. The van der Waals surface area contributed by atoms with Gasteiger partial charge in [-0.25, -0.2) is 9.97 Å². The molecule has 0 N–H and O–H groups in total. The van der Waals surface area contributed by atoms with Gasteiger partial charge >= 0.3 is 0 Å². The van der Waals surface area contributed by atoms with Crippen LogP contribution in [0.25, 0.3) is 21.8 Å². The van der Waals surface area contributed by atoms with Crippen LogP contribution >= 0.6 is 0 Å². The zero-order valence-corrected chi connectivity index (χ0v) is 12.8. The zero-order valence-electron chi connectivity index (χ0n) is 12.8. The summed E-state index contributed by atoms with van der Waals surface area (Å²) in [7, 11) is 0. The van der Waals surface area contributed by atoms with Crippen LogP contribution in [0.15, 0.2) is 70.8 Å². The third-order valence-electron chi connectivity index (χ3n) is 4.04. The number of para-hydroxylation sites is 2. The van der Waals surface area contributed by atoms with Crippen molar-refractivity contribution in [1.29, 1.82) is 0 Å². The highest BCUT2D eigenvalue weighted by molar-refractivity contribution is 5.77. The lowest BCUT2D eigenvalue weighted by atomic mass is 10.2. The Kier molecular flexibility index (Phi) is 3.42. The van der Waals surface area contributed by atoms with Crippen LogP contribution in [0.5, 0.6) is 0 Å². The molecule has 0 aliphatic heterocycles. The van der Waals surface area contributed by atoms with Crippen molar-refractivity contribution >= 4 is 21.8 Å². The van der Waals surface area contributed by atoms with E-state index in [1.807, 2.05) is 24.3 Å². The minimum atomic E-state index is -0.109. The first-order valence-electron chi connectivity index (χ1n) is 7.62. The molecule has 4 aromatic rings. The third kappa shape index (κ3) is 2.38. The monoisotopic (exact) mass is 318 g/mol. The molecule has 0 saturated carbocycles. The van der Waals surface area contributed by atoms with E-state index in [9.17, 15) is 9.59 Å². The molecular weight excluding hydrogens is 304 g/mol. The molecule has 0 amide bonds. The highest BCUT2D eigenvalue weighted by atomic mass is 16.1. The summed E-state index contributed by atoms with van der Waals surface area (Å²) in [5.74, 6) is 0. The summed E-state index contributed by atoms with van der Waals surface area (Å²) in [6, 6.07) is 14.4. The van der Waals surface area contributed by atoms with Crippen LogP contribution in [-0.2, 0) is 13.1 Å². The maximum absolute atomic E-state index is 12.5. The second-order valence-corrected chi connectivity index (χ2v) is 5.52. The van der Waals surface area contributed by atoms with Gasteiger partial charge in [0.05, 0.1) is 34.5 Å². The number of aromatic nitrogens is 4. The lowest BCUT2D eigenvalue weighted by Crippen LogP contribution is -2.27. The molecule has 4 rings (SSSR count). The molecule has 6 nitrogen and oxygen atoms in total. The predicted molar refractivity (Wildman–Crippen MR) is 92.0 cm³/mol. The van der Waals surface area contributed by atoms with Gasteiger partial charge in [-0.3, -0.25) is 18.7 Å². The molecule has 0 aliphatic carbocycles. The van der Waals surface area contributed by atoms with Gasteiger partial charge in [-0.05, 0) is 24.3 Å². The molecule has 6 heteroatoms. The number of hydrogen-bond donors (Lipinski definition) is 0. The van der Waals surface area contributed by atoms with Crippen LogP contribution in [0.1, 0.15) is 0 Å². The Morgan fingerprint density at radius 1 is 0.667 bits per heavy atom. The number of hydrogen-bond acceptors (Lipinski definition) is 4. The first kappa shape index (κ1) is 14.3. The fourth-order valence-corrected chi connectivity index (χ4v) is 2.75. The van der Waals surface area contributed by atoms with Crippen LogP contribution in [0.2, 0.25) is 0 Å². The number of aryl methyl sites for hydroxylation is 2. The number of rotatable bonds is 3. The summed E-state index contributed by atoms with van der Waals surface area (Å²) < 4.78 is 3.04. The van der Waals surface area contributed by atoms with E-state index in [-0.39, 0.29) is 11.1 Å². The average molecular weight is 318 g/mol. The molecule has 24 heavy (non-hydrogen) atoms. The lowest BCUT2D eigenvalue weighted by Gasteiger charge is -2.09. The van der Waals surface area contributed by atoms with Crippen LogP contribution in [0.4, 0.5) is 0 Å². The Hall–Kier alpha value is -3.28. The Morgan fingerprint density at radius 3 is 1.54 bits per heavy atom. The largest absolute Gasteiger partial charge is 0.297 e. The van der Waals surface area contributed by atoms with Crippen molar-refractivity contribution in [1.82, 2.24) is 19.1 Å². The highest BCUT2D eigenvalue weighted by Gasteiger charge is 2.06. The van der Waals surface area contributed by atoms with Crippen LogP contribution in [-0.4, -0.2) is 19.1 Å². The molecule has 0 radical (unpaired) electrons. The molecular formula is C18H14N4O2. The van der Waals surface area contributed by atoms with Crippen molar-refractivity contribution in [3.63, 3.8) is 0 Å². The van der Waals surface area contributed by atoms with Crippen molar-refractivity contribution in [2.45, 2.75) is 13.1 Å². The number of benzene rings is 2. The maximum Gasteiger partial charge on any atom is 0.261 e. The minimum Gasteiger partial charge on any atom is -0.297 e. The van der Waals surface area contributed by atoms with Gasteiger partial charge in [-0.15, -0.1) is 0 Å². The first-order chi connectivity index (χ1) is 11.7. The smallest absolute Gasteiger partial charge is 0.261 e. The molecule has 2 aromatic carbocycles. The second-order valence-electron chi connectivity index (χ2n) is 5.52. The molecule has 0 fully saturated rings. The van der Waals surface area contributed by atoms with Gasteiger partial charge in [-0.1, -0.05) is 24.3 Å². The summed E-state index contributed by atoms with van der Waals surface area (Å²) in [5.41, 5.74) is 1.12. The third-order valence-corrected chi connectivity index (χ3v) is 4.04. The molecule has 0 spiro atoms. The first-order valence-corrected chi connectivity index (χ1v) is 7.62.